The van der Waals surface area contributed by atoms with Crippen LogP contribution in [0, 0.1) is 0 Å². The Morgan fingerprint density at radius 1 is 0.468 bits per heavy atom. The number of hydrogen-bond acceptors (Lipinski definition) is 10. The van der Waals surface area contributed by atoms with Gasteiger partial charge in [-0.25, -0.2) is 0 Å². The number of ether oxygens (including phenoxy) is 3. The van der Waals surface area contributed by atoms with Gasteiger partial charge in [-0.3, -0.25) is 9.59 Å². The zero-order valence-corrected chi connectivity index (χ0v) is 49.9. The highest BCUT2D eigenvalue weighted by Crippen LogP contribution is 2.23. The number of allylic oxidation sites excluding steroid dienone is 5. The van der Waals surface area contributed by atoms with E-state index in [9.17, 15) is 35.1 Å². The minimum absolute atomic E-state index is 0.00537. The first-order chi connectivity index (χ1) is 37.7. The lowest BCUT2D eigenvalue weighted by molar-refractivity contribution is -0.302. The number of aliphatic hydroxyl groups is 5. The molecule has 1 aliphatic heterocycles. The Morgan fingerprint density at radius 3 is 1.25 bits per heavy atom. The van der Waals surface area contributed by atoms with Gasteiger partial charge in [0.25, 0.3) is 0 Å². The fourth-order valence-electron chi connectivity index (χ4n) is 10.2. The summed E-state index contributed by atoms with van der Waals surface area (Å²) in [6.07, 6.45) is 59.8. The van der Waals surface area contributed by atoms with Crippen molar-refractivity contribution < 1.29 is 49.3 Å². The van der Waals surface area contributed by atoms with Gasteiger partial charge in [0.1, 0.15) is 24.4 Å². The van der Waals surface area contributed by atoms with Crippen LogP contribution in [0.4, 0.5) is 0 Å². The van der Waals surface area contributed by atoms with E-state index in [0.717, 1.165) is 77.0 Å². The van der Waals surface area contributed by atoms with Gasteiger partial charge < -0.3 is 45.1 Å². The molecule has 1 amide bonds. The number of amides is 1. The van der Waals surface area contributed by atoms with Crippen LogP contribution in [0.5, 0.6) is 0 Å². The summed E-state index contributed by atoms with van der Waals surface area (Å²) < 4.78 is 16.7. The van der Waals surface area contributed by atoms with Crippen molar-refractivity contribution in [2.45, 2.75) is 352 Å². The molecule has 0 radical (unpaired) electrons. The van der Waals surface area contributed by atoms with Crippen molar-refractivity contribution in [3.8, 4) is 0 Å². The molecular weight excluding hydrogens is 967 g/mol. The quantitative estimate of drug-likeness (QED) is 0.0195. The van der Waals surface area contributed by atoms with E-state index in [1.165, 1.54) is 205 Å². The zero-order chi connectivity index (χ0) is 55.9. The van der Waals surface area contributed by atoms with Crippen molar-refractivity contribution in [2.24, 2.45) is 0 Å². The Labute approximate surface area is 473 Å². The summed E-state index contributed by atoms with van der Waals surface area (Å²) in [5.41, 5.74) is 0. The van der Waals surface area contributed by atoms with E-state index in [0.29, 0.717) is 19.4 Å². The first-order valence-electron chi connectivity index (χ1n) is 32.8. The number of hydrogen-bond donors (Lipinski definition) is 6. The average Bonchev–Trinajstić information content (AvgIpc) is 3.43. The second-order valence-electron chi connectivity index (χ2n) is 22.8. The lowest BCUT2D eigenvalue weighted by atomic mass is 9.99. The zero-order valence-electron chi connectivity index (χ0n) is 49.9. The summed E-state index contributed by atoms with van der Waals surface area (Å²) in [5.74, 6) is -0.197. The van der Waals surface area contributed by atoms with Crippen molar-refractivity contribution in [3.05, 3.63) is 36.5 Å². The summed E-state index contributed by atoms with van der Waals surface area (Å²) >= 11 is 0. The maximum absolute atomic E-state index is 13.0. The molecule has 1 saturated heterocycles. The number of nitrogens with one attached hydrogen (secondary N) is 1. The van der Waals surface area contributed by atoms with Crippen molar-refractivity contribution in [1.82, 2.24) is 5.32 Å². The smallest absolute Gasteiger partial charge is 0.305 e. The van der Waals surface area contributed by atoms with E-state index < -0.39 is 49.5 Å². The molecule has 0 aromatic heterocycles. The summed E-state index contributed by atoms with van der Waals surface area (Å²) in [6, 6.07) is -0.814. The van der Waals surface area contributed by atoms with Crippen molar-refractivity contribution in [2.75, 3.05) is 19.8 Å². The summed E-state index contributed by atoms with van der Waals surface area (Å²) in [7, 11) is 0. The molecular formula is C66H123NO10. The minimum atomic E-state index is -1.57. The number of carbonyl (C=O) groups is 2. The van der Waals surface area contributed by atoms with Gasteiger partial charge in [-0.1, -0.05) is 249 Å². The van der Waals surface area contributed by atoms with Gasteiger partial charge >= 0.3 is 5.97 Å². The molecule has 452 valence electrons. The van der Waals surface area contributed by atoms with Gasteiger partial charge in [0, 0.05) is 12.8 Å². The topological polar surface area (TPSA) is 175 Å². The van der Waals surface area contributed by atoms with Crippen LogP contribution in [-0.2, 0) is 23.8 Å². The maximum atomic E-state index is 13.0. The molecule has 1 aliphatic rings. The Kier molecular flexibility index (Phi) is 52.8. The number of rotatable bonds is 57. The average molecular weight is 1090 g/mol. The molecule has 11 nitrogen and oxygen atoms in total. The Morgan fingerprint density at radius 2 is 0.831 bits per heavy atom. The summed E-state index contributed by atoms with van der Waals surface area (Å²) in [5, 5.41) is 54.2. The number of esters is 1. The molecule has 6 N–H and O–H groups in total. The van der Waals surface area contributed by atoms with Crippen LogP contribution in [0.3, 0.4) is 0 Å². The number of carbonyl (C=O) groups excluding carboxylic acids is 2. The highest BCUT2D eigenvalue weighted by molar-refractivity contribution is 5.76. The standard InChI is InChI=1S/C66H123NO10/c1-3-5-7-9-11-13-14-15-16-17-21-25-28-31-34-38-42-46-50-54-62(71)75-55-51-47-43-39-35-32-29-26-23-20-18-19-22-24-27-30-33-37-41-45-49-53-61(70)67-58(59(69)52-48-44-40-36-12-10-8-6-4-2)57-76-66-65(74)64(73)63(72)60(56-68)77-66/h15-16,19,22,48,52,58-60,63-66,68-69,72-74H,3-14,17-18,20-21,23-47,49-51,53-57H2,1-2H3,(H,67,70)/b16-15-,22-19-,52-48+. The lowest BCUT2D eigenvalue weighted by Crippen LogP contribution is -2.60. The molecule has 7 unspecified atom stereocenters. The van der Waals surface area contributed by atoms with E-state index in [1.807, 2.05) is 6.08 Å². The van der Waals surface area contributed by atoms with Gasteiger partial charge in [-0.2, -0.15) is 0 Å². The molecule has 0 spiro atoms. The molecule has 1 fully saturated rings. The van der Waals surface area contributed by atoms with Gasteiger partial charge in [-0.05, 0) is 83.5 Å². The van der Waals surface area contributed by atoms with Gasteiger partial charge in [0.05, 0.1) is 32.0 Å². The largest absolute Gasteiger partial charge is 0.466 e. The van der Waals surface area contributed by atoms with Gasteiger partial charge in [-0.15, -0.1) is 0 Å². The second-order valence-corrected chi connectivity index (χ2v) is 22.8. The molecule has 0 bridgehead atoms. The molecule has 1 rings (SSSR count). The van der Waals surface area contributed by atoms with Crippen LogP contribution in [0.15, 0.2) is 36.5 Å². The monoisotopic (exact) mass is 1090 g/mol. The van der Waals surface area contributed by atoms with Crippen LogP contribution in [0.2, 0.25) is 0 Å². The predicted octanol–water partition coefficient (Wildman–Crippen LogP) is 15.8. The van der Waals surface area contributed by atoms with Crippen molar-refractivity contribution in [1.29, 1.82) is 0 Å². The van der Waals surface area contributed by atoms with Gasteiger partial charge in [0.2, 0.25) is 5.91 Å². The molecule has 1 heterocycles. The lowest BCUT2D eigenvalue weighted by Gasteiger charge is -2.40. The van der Waals surface area contributed by atoms with Crippen LogP contribution < -0.4 is 5.32 Å². The van der Waals surface area contributed by atoms with Gasteiger partial charge in [0.15, 0.2) is 6.29 Å². The molecule has 77 heavy (non-hydrogen) atoms. The van der Waals surface area contributed by atoms with Crippen LogP contribution in [0.25, 0.3) is 0 Å². The van der Waals surface area contributed by atoms with E-state index in [1.54, 1.807) is 6.08 Å². The molecule has 7 atom stereocenters. The fourth-order valence-corrected chi connectivity index (χ4v) is 10.2. The fraction of sp³-hybridized carbons (Fsp3) is 0.879. The third-order valence-corrected chi connectivity index (χ3v) is 15.5. The molecule has 0 aromatic rings. The molecule has 0 aromatic carbocycles. The first-order valence-corrected chi connectivity index (χ1v) is 32.8. The van der Waals surface area contributed by atoms with Crippen LogP contribution in [0.1, 0.15) is 309 Å². The van der Waals surface area contributed by atoms with E-state index in [2.05, 4.69) is 43.5 Å². The third-order valence-electron chi connectivity index (χ3n) is 15.5. The van der Waals surface area contributed by atoms with Crippen molar-refractivity contribution >= 4 is 11.9 Å². The summed E-state index contributed by atoms with van der Waals surface area (Å²) in [6.45, 7) is 4.31. The van der Waals surface area contributed by atoms with E-state index >= 15 is 0 Å². The second kappa shape index (κ2) is 55.8. The Balaban J connectivity index is 1.97. The highest BCUT2D eigenvalue weighted by atomic mass is 16.7. The molecule has 11 heteroatoms. The molecule has 0 aliphatic carbocycles. The SMILES string of the molecule is CCCCCCCC/C=C\CCCCCCCCCCCC(=O)OCCCCCCCCCCCC/C=C\CCCCCCCCCC(=O)NC(COC1OC(CO)C(O)C(O)C1O)C(O)/C=C/CCCCCCCCC. The predicted molar refractivity (Wildman–Crippen MR) is 320 cm³/mol. The highest BCUT2D eigenvalue weighted by Gasteiger charge is 2.44. The Bertz CT molecular complexity index is 1370. The molecule has 0 saturated carbocycles. The van der Waals surface area contributed by atoms with Crippen LogP contribution in [-0.4, -0.2) is 100 Å². The Hall–Kier alpha value is -2.12. The van der Waals surface area contributed by atoms with E-state index in [4.69, 9.17) is 14.2 Å². The minimum Gasteiger partial charge on any atom is -0.466 e. The third kappa shape index (κ3) is 45.2. The normalized spacial score (nSPS) is 18.8. The summed E-state index contributed by atoms with van der Waals surface area (Å²) in [4.78, 5) is 25.1. The van der Waals surface area contributed by atoms with Crippen molar-refractivity contribution in [3.63, 3.8) is 0 Å². The van der Waals surface area contributed by atoms with Crippen LogP contribution >= 0.6 is 0 Å². The number of aliphatic hydroxyl groups excluding tert-OH is 5. The first kappa shape index (κ1) is 72.9. The maximum Gasteiger partial charge on any atom is 0.305 e. The van der Waals surface area contributed by atoms with E-state index in [-0.39, 0.29) is 18.5 Å². The number of unbranched alkanes of at least 4 members (excludes halogenated alkanes) is 39.